The first kappa shape index (κ1) is 19.3. The molecule has 3 rings (SSSR count). The summed E-state index contributed by atoms with van der Waals surface area (Å²) in [5.41, 5.74) is 2.69. The van der Waals surface area contributed by atoms with Gasteiger partial charge in [0.05, 0.1) is 14.2 Å². The zero-order valence-corrected chi connectivity index (χ0v) is 16.1. The number of hydrogen-bond donors (Lipinski definition) is 2. The number of benzene rings is 2. The van der Waals surface area contributed by atoms with E-state index in [0.717, 1.165) is 23.2 Å². The normalized spacial score (nSPS) is 11.7. The number of aromatic nitrogens is 4. The third kappa shape index (κ3) is 4.28. The number of aromatic amines is 1. The largest absolute Gasteiger partial charge is 0.497 e. The minimum absolute atomic E-state index is 0.208. The molecule has 0 aliphatic rings. The molecule has 1 heterocycles. The van der Waals surface area contributed by atoms with Crippen LogP contribution in [0.2, 0.25) is 0 Å². The van der Waals surface area contributed by atoms with Crippen LogP contribution in [-0.4, -0.2) is 40.8 Å². The molecule has 2 aromatic carbocycles. The van der Waals surface area contributed by atoms with Crippen molar-refractivity contribution in [3.8, 4) is 11.5 Å². The van der Waals surface area contributed by atoms with E-state index >= 15 is 0 Å². The molecule has 0 aliphatic heterocycles. The molecule has 0 bridgehead atoms. The predicted molar refractivity (Wildman–Crippen MR) is 105 cm³/mol. The van der Waals surface area contributed by atoms with Crippen molar-refractivity contribution < 1.29 is 14.3 Å². The topological polar surface area (TPSA) is 102 Å². The first-order valence-corrected chi connectivity index (χ1v) is 8.99. The van der Waals surface area contributed by atoms with Crippen molar-refractivity contribution in [3.63, 3.8) is 0 Å². The molecule has 28 heavy (non-hydrogen) atoms. The van der Waals surface area contributed by atoms with Crippen LogP contribution < -0.4 is 14.8 Å². The van der Waals surface area contributed by atoms with E-state index in [2.05, 4.69) is 25.9 Å². The predicted octanol–water partition coefficient (Wildman–Crippen LogP) is 2.74. The highest BCUT2D eigenvalue weighted by atomic mass is 16.5. The van der Waals surface area contributed by atoms with E-state index in [0.29, 0.717) is 23.7 Å². The summed E-state index contributed by atoms with van der Waals surface area (Å²) in [5.74, 6) is 0.795. The fourth-order valence-electron chi connectivity index (χ4n) is 3.03. The molecule has 1 atom stereocenters. The molecule has 0 saturated heterocycles. The van der Waals surface area contributed by atoms with Gasteiger partial charge in [0.2, 0.25) is 5.91 Å². The fourth-order valence-corrected chi connectivity index (χ4v) is 3.03. The van der Waals surface area contributed by atoms with Crippen molar-refractivity contribution in [1.82, 2.24) is 20.6 Å². The molecule has 1 amide bonds. The lowest BCUT2D eigenvalue weighted by atomic mass is 9.96. The standard InChI is InChI=1S/C20H23N5O3/c1-4-13-7-5-6-8-17(13)21-20(26)16(19-22-24-25-23-19)11-14-9-10-15(27-2)12-18(14)28-3/h5-10,12,16H,4,11H2,1-3H3,(H,21,26)(H,22,23,24,25)/t16-/m0/s1. The van der Waals surface area contributed by atoms with Crippen molar-refractivity contribution in [2.45, 2.75) is 25.7 Å². The molecule has 146 valence electrons. The first-order chi connectivity index (χ1) is 13.7. The Morgan fingerprint density at radius 1 is 1.14 bits per heavy atom. The van der Waals surface area contributed by atoms with E-state index < -0.39 is 5.92 Å². The number of carbonyl (C=O) groups excluding carboxylic acids is 1. The number of nitrogens with one attached hydrogen (secondary N) is 2. The Morgan fingerprint density at radius 2 is 1.96 bits per heavy atom. The van der Waals surface area contributed by atoms with E-state index in [-0.39, 0.29) is 5.91 Å². The SMILES string of the molecule is CCc1ccccc1NC(=O)[C@@H](Cc1ccc(OC)cc1OC)c1nn[nH]n1. The van der Waals surface area contributed by atoms with Crippen molar-refractivity contribution in [2.75, 3.05) is 19.5 Å². The number of H-pyrrole nitrogens is 1. The third-order valence-corrected chi connectivity index (χ3v) is 4.56. The average Bonchev–Trinajstić information content (AvgIpc) is 3.26. The van der Waals surface area contributed by atoms with Crippen LogP contribution in [-0.2, 0) is 17.6 Å². The molecule has 0 fully saturated rings. The summed E-state index contributed by atoms with van der Waals surface area (Å²) in [7, 11) is 3.17. The Kier molecular flexibility index (Phi) is 6.21. The summed E-state index contributed by atoms with van der Waals surface area (Å²) in [5, 5.41) is 17.1. The lowest BCUT2D eigenvalue weighted by Crippen LogP contribution is -2.25. The van der Waals surface area contributed by atoms with Gasteiger partial charge < -0.3 is 14.8 Å². The van der Waals surface area contributed by atoms with Crippen molar-refractivity contribution >= 4 is 11.6 Å². The number of methoxy groups -OCH3 is 2. The van der Waals surface area contributed by atoms with Crippen LogP contribution in [0.3, 0.4) is 0 Å². The van der Waals surface area contributed by atoms with Gasteiger partial charge in [-0.25, -0.2) is 0 Å². The highest BCUT2D eigenvalue weighted by molar-refractivity contribution is 5.96. The second-order valence-electron chi connectivity index (χ2n) is 6.20. The minimum atomic E-state index is -0.633. The monoisotopic (exact) mass is 381 g/mol. The van der Waals surface area contributed by atoms with E-state index in [9.17, 15) is 4.79 Å². The molecule has 0 radical (unpaired) electrons. The minimum Gasteiger partial charge on any atom is -0.497 e. The lowest BCUT2D eigenvalue weighted by Gasteiger charge is -2.17. The maximum Gasteiger partial charge on any atom is 0.235 e. The van der Waals surface area contributed by atoms with Gasteiger partial charge in [-0.2, -0.15) is 5.21 Å². The van der Waals surface area contributed by atoms with Gasteiger partial charge >= 0.3 is 0 Å². The Balaban J connectivity index is 1.89. The number of para-hydroxylation sites is 1. The third-order valence-electron chi connectivity index (χ3n) is 4.56. The molecular weight excluding hydrogens is 358 g/mol. The van der Waals surface area contributed by atoms with Gasteiger partial charge in [0.1, 0.15) is 17.4 Å². The molecule has 8 heteroatoms. The number of ether oxygens (including phenoxy) is 2. The Bertz CT molecular complexity index is 927. The molecule has 1 aromatic heterocycles. The Labute approximate surface area is 163 Å². The van der Waals surface area contributed by atoms with Gasteiger partial charge in [0.15, 0.2) is 5.82 Å². The lowest BCUT2D eigenvalue weighted by molar-refractivity contribution is -0.117. The molecule has 0 spiro atoms. The van der Waals surface area contributed by atoms with Gasteiger partial charge in [-0.05, 0) is 36.1 Å². The maximum absolute atomic E-state index is 13.1. The molecule has 0 aliphatic carbocycles. The Hall–Kier alpha value is -3.42. The highest BCUT2D eigenvalue weighted by Gasteiger charge is 2.27. The van der Waals surface area contributed by atoms with Crippen LogP contribution >= 0.6 is 0 Å². The quantitative estimate of drug-likeness (QED) is 0.622. The second kappa shape index (κ2) is 8.98. The smallest absolute Gasteiger partial charge is 0.235 e. The number of carbonyl (C=O) groups is 1. The summed E-state index contributed by atoms with van der Waals surface area (Å²) in [6, 6.07) is 13.2. The van der Waals surface area contributed by atoms with Crippen molar-refractivity contribution in [1.29, 1.82) is 0 Å². The maximum atomic E-state index is 13.1. The van der Waals surface area contributed by atoms with Gasteiger partial charge in [-0.15, -0.1) is 10.2 Å². The van der Waals surface area contributed by atoms with E-state index in [1.54, 1.807) is 20.3 Å². The van der Waals surface area contributed by atoms with Gasteiger partial charge in [0, 0.05) is 11.8 Å². The highest BCUT2D eigenvalue weighted by Crippen LogP contribution is 2.30. The second-order valence-corrected chi connectivity index (χ2v) is 6.20. The van der Waals surface area contributed by atoms with Crippen molar-refractivity contribution in [3.05, 3.63) is 59.4 Å². The number of amides is 1. The molecule has 3 aromatic rings. The Morgan fingerprint density at radius 3 is 2.64 bits per heavy atom. The van der Waals surface area contributed by atoms with E-state index in [4.69, 9.17) is 9.47 Å². The van der Waals surface area contributed by atoms with Crippen LogP contribution in [0.4, 0.5) is 5.69 Å². The molecule has 0 saturated carbocycles. The number of hydrogen-bond acceptors (Lipinski definition) is 6. The number of tetrazole rings is 1. The summed E-state index contributed by atoms with van der Waals surface area (Å²) >= 11 is 0. The zero-order chi connectivity index (χ0) is 19.9. The first-order valence-electron chi connectivity index (χ1n) is 8.99. The molecule has 0 unspecified atom stereocenters. The summed E-state index contributed by atoms with van der Waals surface area (Å²) in [6.07, 6.45) is 1.17. The van der Waals surface area contributed by atoms with Crippen molar-refractivity contribution in [2.24, 2.45) is 0 Å². The number of rotatable bonds is 8. The summed E-state index contributed by atoms with van der Waals surface area (Å²) < 4.78 is 10.7. The zero-order valence-electron chi connectivity index (χ0n) is 16.1. The van der Waals surface area contributed by atoms with Gasteiger partial charge in [-0.3, -0.25) is 4.79 Å². The number of aryl methyl sites for hydroxylation is 1. The summed E-state index contributed by atoms with van der Waals surface area (Å²) in [4.78, 5) is 13.1. The number of nitrogens with zero attached hydrogens (tertiary/aromatic N) is 3. The van der Waals surface area contributed by atoms with Crippen LogP contribution in [0.5, 0.6) is 11.5 Å². The van der Waals surface area contributed by atoms with Crippen LogP contribution in [0.25, 0.3) is 0 Å². The van der Waals surface area contributed by atoms with E-state index in [1.807, 2.05) is 43.3 Å². The van der Waals surface area contributed by atoms with Gasteiger partial charge in [0.25, 0.3) is 0 Å². The number of anilines is 1. The average molecular weight is 381 g/mol. The summed E-state index contributed by atoms with van der Waals surface area (Å²) in [6.45, 7) is 2.05. The molecular formula is C20H23N5O3. The van der Waals surface area contributed by atoms with Crippen LogP contribution in [0.15, 0.2) is 42.5 Å². The fraction of sp³-hybridized carbons (Fsp3) is 0.300. The van der Waals surface area contributed by atoms with Gasteiger partial charge in [-0.1, -0.05) is 36.4 Å². The van der Waals surface area contributed by atoms with E-state index in [1.165, 1.54) is 0 Å². The molecule has 8 nitrogen and oxygen atoms in total. The molecule has 2 N–H and O–H groups in total. The van der Waals surface area contributed by atoms with Crippen LogP contribution in [0.1, 0.15) is 29.8 Å². The van der Waals surface area contributed by atoms with Crippen LogP contribution in [0, 0.1) is 0 Å².